The Balaban J connectivity index is 2.70. The van der Waals surface area contributed by atoms with Gasteiger partial charge in [-0.15, -0.1) is 0 Å². The van der Waals surface area contributed by atoms with Crippen LogP contribution >= 0.6 is 0 Å². The fraction of sp³-hybridized carbons (Fsp3) is 0.364. The van der Waals surface area contributed by atoms with Gasteiger partial charge in [0.15, 0.2) is 11.6 Å². The van der Waals surface area contributed by atoms with Crippen molar-refractivity contribution in [2.45, 2.75) is 20.3 Å². The van der Waals surface area contributed by atoms with Gasteiger partial charge in [-0.1, -0.05) is 26.0 Å². The number of halogens is 1. The zero-order valence-electron chi connectivity index (χ0n) is 8.29. The minimum absolute atomic E-state index is 0.00204. The molecular weight excluding hydrogens is 183 g/mol. The predicted octanol–water partition coefficient (Wildman–Crippen LogP) is 2.78. The van der Waals surface area contributed by atoms with Crippen LogP contribution in [0, 0.1) is 11.7 Å². The summed E-state index contributed by atoms with van der Waals surface area (Å²) in [7, 11) is 0. The molecule has 1 atom stereocenters. The van der Waals surface area contributed by atoms with Crippen LogP contribution in [0.25, 0.3) is 0 Å². The van der Waals surface area contributed by atoms with E-state index in [1.807, 2.05) is 6.92 Å². The molecule has 0 aliphatic heterocycles. The lowest BCUT2D eigenvalue weighted by molar-refractivity contribution is -0.138. The highest BCUT2D eigenvalue weighted by Gasteiger charge is 2.14. The van der Waals surface area contributed by atoms with E-state index in [2.05, 4.69) is 0 Å². The molecule has 1 unspecified atom stereocenters. The van der Waals surface area contributed by atoms with Crippen LogP contribution in [0.3, 0.4) is 0 Å². The fourth-order valence-electron chi connectivity index (χ4n) is 0.903. The van der Waals surface area contributed by atoms with E-state index in [0.29, 0.717) is 6.42 Å². The van der Waals surface area contributed by atoms with Crippen LogP contribution in [-0.4, -0.2) is 5.97 Å². The number of ether oxygens (including phenoxy) is 1. The Hall–Kier alpha value is -1.38. The van der Waals surface area contributed by atoms with Crippen molar-refractivity contribution in [1.29, 1.82) is 0 Å². The Morgan fingerprint density at radius 2 is 2.14 bits per heavy atom. The largest absolute Gasteiger partial charge is 0.423 e. The van der Waals surface area contributed by atoms with E-state index in [1.165, 1.54) is 12.1 Å². The average Bonchev–Trinajstić information content (AvgIpc) is 2.20. The monoisotopic (exact) mass is 196 g/mol. The summed E-state index contributed by atoms with van der Waals surface area (Å²) in [4.78, 5) is 11.3. The molecule has 0 radical (unpaired) electrons. The maximum atomic E-state index is 13.0. The van der Waals surface area contributed by atoms with Crippen LogP contribution in [-0.2, 0) is 4.79 Å². The molecular formula is C11H13FO2. The van der Waals surface area contributed by atoms with Crippen LogP contribution in [0.1, 0.15) is 20.3 Å². The molecule has 1 rings (SSSR count). The lowest BCUT2D eigenvalue weighted by Gasteiger charge is -2.08. The molecule has 0 spiro atoms. The molecule has 2 nitrogen and oxygen atoms in total. The first-order valence-electron chi connectivity index (χ1n) is 4.61. The third-order valence-corrected chi connectivity index (χ3v) is 2.06. The molecule has 0 fully saturated rings. The standard InChI is InChI=1S/C11H13FO2/c1-3-8(2)11(13)14-10-7-5-4-6-9(10)12/h4-8H,3H2,1-2H3. The lowest BCUT2D eigenvalue weighted by Crippen LogP contribution is -2.17. The minimum atomic E-state index is -0.510. The summed E-state index contributed by atoms with van der Waals surface area (Å²) in [5.41, 5.74) is 0. The first kappa shape index (κ1) is 10.7. The van der Waals surface area contributed by atoms with Crippen LogP contribution in [0.15, 0.2) is 24.3 Å². The molecule has 0 amide bonds. The maximum absolute atomic E-state index is 13.0. The molecule has 3 heteroatoms. The number of benzene rings is 1. The molecule has 0 saturated heterocycles. The van der Waals surface area contributed by atoms with Crippen molar-refractivity contribution in [3.05, 3.63) is 30.1 Å². The van der Waals surface area contributed by atoms with Gasteiger partial charge in [-0.2, -0.15) is 0 Å². The van der Waals surface area contributed by atoms with E-state index < -0.39 is 11.8 Å². The zero-order chi connectivity index (χ0) is 10.6. The number of para-hydroxylation sites is 1. The molecule has 0 aliphatic rings. The topological polar surface area (TPSA) is 26.3 Å². The number of esters is 1. The van der Waals surface area contributed by atoms with Gasteiger partial charge in [0.2, 0.25) is 0 Å². The summed E-state index contributed by atoms with van der Waals surface area (Å²) in [5.74, 6) is -1.10. The second-order valence-corrected chi connectivity index (χ2v) is 3.16. The SMILES string of the molecule is CCC(C)C(=O)Oc1ccccc1F. The number of rotatable bonds is 3. The molecule has 0 bridgehead atoms. The predicted molar refractivity (Wildman–Crippen MR) is 51.5 cm³/mol. The quantitative estimate of drug-likeness (QED) is 0.549. The normalized spacial score (nSPS) is 12.2. The van der Waals surface area contributed by atoms with Crippen molar-refractivity contribution >= 4 is 5.97 Å². The Morgan fingerprint density at radius 1 is 1.50 bits per heavy atom. The van der Waals surface area contributed by atoms with Gasteiger partial charge < -0.3 is 4.74 Å². The molecule has 1 aromatic rings. The third kappa shape index (κ3) is 2.55. The molecule has 0 aliphatic carbocycles. The number of carbonyl (C=O) groups excluding carboxylic acids is 1. The molecule has 0 heterocycles. The number of hydrogen-bond acceptors (Lipinski definition) is 2. The van der Waals surface area contributed by atoms with Gasteiger partial charge in [0.05, 0.1) is 5.92 Å². The molecule has 76 valence electrons. The summed E-state index contributed by atoms with van der Waals surface area (Å²) < 4.78 is 17.9. The van der Waals surface area contributed by atoms with E-state index >= 15 is 0 Å². The first-order chi connectivity index (χ1) is 6.65. The molecule has 0 saturated carbocycles. The van der Waals surface area contributed by atoms with Crippen molar-refractivity contribution in [3.63, 3.8) is 0 Å². The van der Waals surface area contributed by atoms with Crippen LogP contribution in [0.4, 0.5) is 4.39 Å². The van der Waals surface area contributed by atoms with Gasteiger partial charge in [-0.25, -0.2) is 4.39 Å². The summed E-state index contributed by atoms with van der Waals surface area (Å²) in [6.07, 6.45) is 0.688. The zero-order valence-corrected chi connectivity index (χ0v) is 8.29. The Bertz CT molecular complexity index is 323. The van der Waals surface area contributed by atoms with Crippen LogP contribution < -0.4 is 4.74 Å². The van der Waals surface area contributed by atoms with E-state index in [0.717, 1.165) is 0 Å². The summed E-state index contributed by atoms with van der Waals surface area (Å²) in [6.45, 7) is 3.64. The van der Waals surface area contributed by atoms with Gasteiger partial charge in [0.25, 0.3) is 0 Å². The lowest BCUT2D eigenvalue weighted by atomic mass is 10.1. The van der Waals surface area contributed by atoms with Crippen molar-refractivity contribution in [1.82, 2.24) is 0 Å². The van der Waals surface area contributed by atoms with Crippen molar-refractivity contribution in [2.75, 3.05) is 0 Å². The number of hydrogen-bond donors (Lipinski definition) is 0. The van der Waals surface area contributed by atoms with Gasteiger partial charge in [0.1, 0.15) is 0 Å². The van der Waals surface area contributed by atoms with Gasteiger partial charge in [-0.3, -0.25) is 4.79 Å². The van der Waals surface area contributed by atoms with E-state index in [-0.39, 0.29) is 11.7 Å². The Labute approximate surface area is 82.7 Å². The average molecular weight is 196 g/mol. The first-order valence-corrected chi connectivity index (χ1v) is 4.61. The Kier molecular flexibility index (Phi) is 3.63. The van der Waals surface area contributed by atoms with Gasteiger partial charge in [0, 0.05) is 0 Å². The summed E-state index contributed by atoms with van der Waals surface area (Å²) in [5, 5.41) is 0. The highest BCUT2D eigenvalue weighted by atomic mass is 19.1. The van der Waals surface area contributed by atoms with Crippen molar-refractivity contribution in [2.24, 2.45) is 5.92 Å². The smallest absolute Gasteiger partial charge is 0.314 e. The van der Waals surface area contributed by atoms with E-state index in [1.54, 1.807) is 19.1 Å². The molecule has 1 aromatic carbocycles. The highest BCUT2D eigenvalue weighted by molar-refractivity contribution is 5.74. The highest BCUT2D eigenvalue weighted by Crippen LogP contribution is 2.17. The fourth-order valence-corrected chi connectivity index (χ4v) is 0.903. The van der Waals surface area contributed by atoms with E-state index in [9.17, 15) is 9.18 Å². The maximum Gasteiger partial charge on any atom is 0.314 e. The Morgan fingerprint density at radius 3 is 2.71 bits per heavy atom. The molecule has 0 N–H and O–H groups in total. The van der Waals surface area contributed by atoms with Crippen molar-refractivity contribution in [3.8, 4) is 5.75 Å². The van der Waals surface area contributed by atoms with E-state index in [4.69, 9.17) is 4.74 Å². The van der Waals surface area contributed by atoms with Crippen LogP contribution in [0.5, 0.6) is 5.75 Å². The van der Waals surface area contributed by atoms with Gasteiger partial charge in [-0.05, 0) is 18.6 Å². The summed E-state index contributed by atoms with van der Waals surface area (Å²) >= 11 is 0. The van der Waals surface area contributed by atoms with Gasteiger partial charge >= 0.3 is 5.97 Å². The third-order valence-electron chi connectivity index (χ3n) is 2.06. The summed E-state index contributed by atoms with van der Waals surface area (Å²) in [6, 6.07) is 5.88. The van der Waals surface area contributed by atoms with Crippen LogP contribution in [0.2, 0.25) is 0 Å². The molecule has 14 heavy (non-hydrogen) atoms. The second-order valence-electron chi connectivity index (χ2n) is 3.16. The second kappa shape index (κ2) is 4.74. The number of carbonyl (C=O) groups is 1. The van der Waals surface area contributed by atoms with Crippen molar-refractivity contribution < 1.29 is 13.9 Å². The minimum Gasteiger partial charge on any atom is -0.423 e. The molecule has 0 aromatic heterocycles.